The predicted octanol–water partition coefficient (Wildman–Crippen LogP) is 1.97. The lowest BCUT2D eigenvalue weighted by Crippen LogP contribution is -2.48. The molecule has 26 heavy (non-hydrogen) atoms. The summed E-state index contributed by atoms with van der Waals surface area (Å²) in [6.07, 6.45) is 2.04. The zero-order valence-electron chi connectivity index (χ0n) is 14.8. The molecule has 2 amide bonds. The molecule has 3 rings (SSSR count). The van der Waals surface area contributed by atoms with E-state index in [0.717, 1.165) is 30.6 Å². The van der Waals surface area contributed by atoms with Crippen LogP contribution in [-0.2, 0) is 16.0 Å². The van der Waals surface area contributed by atoms with Gasteiger partial charge in [-0.05, 0) is 49.1 Å². The molecular formula is C20H23N3O3. The smallest absolute Gasteiger partial charge is 0.276 e. The summed E-state index contributed by atoms with van der Waals surface area (Å²) < 4.78 is 5.40. The van der Waals surface area contributed by atoms with Crippen molar-refractivity contribution in [3.05, 3.63) is 59.7 Å². The van der Waals surface area contributed by atoms with Crippen molar-refractivity contribution < 1.29 is 14.3 Å². The number of para-hydroxylation sites is 1. The highest BCUT2D eigenvalue weighted by Gasteiger charge is 2.18. The Morgan fingerprint density at radius 2 is 1.88 bits per heavy atom. The van der Waals surface area contributed by atoms with E-state index >= 15 is 0 Å². The van der Waals surface area contributed by atoms with Crippen molar-refractivity contribution in [3.63, 3.8) is 0 Å². The molecule has 2 aromatic carbocycles. The molecule has 0 unspecified atom stereocenters. The maximum atomic E-state index is 12.1. The van der Waals surface area contributed by atoms with E-state index in [2.05, 4.69) is 16.9 Å². The number of hydrogen-bond donors (Lipinski definition) is 2. The van der Waals surface area contributed by atoms with Gasteiger partial charge in [0.2, 0.25) is 0 Å². The van der Waals surface area contributed by atoms with Crippen LogP contribution in [0.1, 0.15) is 17.5 Å². The molecule has 1 aliphatic rings. The molecule has 0 bridgehead atoms. The Hall–Kier alpha value is -3.02. The van der Waals surface area contributed by atoms with Gasteiger partial charge in [-0.3, -0.25) is 20.4 Å². The van der Waals surface area contributed by atoms with Crippen LogP contribution in [0.2, 0.25) is 0 Å². The molecule has 0 atom stereocenters. The summed E-state index contributed by atoms with van der Waals surface area (Å²) in [6.45, 7) is 2.83. The molecule has 0 fully saturated rings. The Bertz CT molecular complexity index is 791. The number of fused-ring (bicyclic) bond motifs is 1. The number of aryl methyl sites for hydroxylation is 2. The second-order valence-corrected chi connectivity index (χ2v) is 6.36. The number of rotatable bonds is 5. The average molecular weight is 353 g/mol. The fraction of sp³-hybridized carbons (Fsp3) is 0.300. The number of nitrogens with one attached hydrogen (secondary N) is 2. The van der Waals surface area contributed by atoms with E-state index < -0.39 is 5.91 Å². The second-order valence-electron chi connectivity index (χ2n) is 6.36. The highest BCUT2D eigenvalue weighted by atomic mass is 16.5. The molecule has 0 spiro atoms. The van der Waals surface area contributed by atoms with Crippen LogP contribution in [0.3, 0.4) is 0 Å². The standard InChI is InChI=1S/C20H23N3O3/c1-15-6-4-9-17(12-15)26-14-20(25)22-21-19(24)13-23-11-5-8-16-7-2-3-10-18(16)23/h2-4,6-7,9-10,12H,5,8,11,13-14H2,1H3,(H,21,24)(H,22,25). The van der Waals surface area contributed by atoms with E-state index in [1.807, 2.05) is 48.2 Å². The third-order valence-corrected chi connectivity index (χ3v) is 4.24. The van der Waals surface area contributed by atoms with Gasteiger partial charge in [0.25, 0.3) is 11.8 Å². The lowest BCUT2D eigenvalue weighted by molar-refractivity contribution is -0.129. The number of amides is 2. The minimum Gasteiger partial charge on any atom is -0.484 e. The molecule has 0 saturated carbocycles. The maximum Gasteiger partial charge on any atom is 0.276 e. The van der Waals surface area contributed by atoms with Gasteiger partial charge in [0.15, 0.2) is 6.61 Å². The SMILES string of the molecule is Cc1cccc(OCC(=O)NNC(=O)CN2CCCc3ccccc32)c1. The van der Waals surface area contributed by atoms with Crippen LogP contribution in [0.25, 0.3) is 0 Å². The summed E-state index contributed by atoms with van der Waals surface area (Å²) in [7, 11) is 0. The predicted molar refractivity (Wildman–Crippen MR) is 99.9 cm³/mol. The quantitative estimate of drug-likeness (QED) is 0.807. The molecule has 2 N–H and O–H groups in total. The van der Waals surface area contributed by atoms with Gasteiger partial charge in [0, 0.05) is 12.2 Å². The zero-order chi connectivity index (χ0) is 18.4. The fourth-order valence-corrected chi connectivity index (χ4v) is 3.02. The first-order valence-electron chi connectivity index (χ1n) is 8.72. The number of hydrogen-bond acceptors (Lipinski definition) is 4. The Labute approximate surface area is 153 Å². The monoisotopic (exact) mass is 353 g/mol. The molecule has 6 heteroatoms. The van der Waals surface area contributed by atoms with E-state index in [4.69, 9.17) is 4.74 Å². The molecule has 1 aliphatic heterocycles. The first kappa shape index (κ1) is 17.8. The lowest BCUT2D eigenvalue weighted by atomic mass is 10.0. The topological polar surface area (TPSA) is 70.7 Å². The molecule has 1 heterocycles. The van der Waals surface area contributed by atoms with Gasteiger partial charge in [-0.25, -0.2) is 0 Å². The van der Waals surface area contributed by atoms with Gasteiger partial charge >= 0.3 is 0 Å². The zero-order valence-corrected chi connectivity index (χ0v) is 14.8. The second kappa shape index (κ2) is 8.38. The fourth-order valence-electron chi connectivity index (χ4n) is 3.02. The van der Waals surface area contributed by atoms with Crippen molar-refractivity contribution in [3.8, 4) is 5.75 Å². The van der Waals surface area contributed by atoms with Crippen molar-refractivity contribution in [2.75, 3.05) is 24.6 Å². The number of anilines is 1. The van der Waals surface area contributed by atoms with Crippen LogP contribution in [0.4, 0.5) is 5.69 Å². The van der Waals surface area contributed by atoms with E-state index in [-0.39, 0.29) is 19.1 Å². The van der Waals surface area contributed by atoms with Crippen molar-refractivity contribution in [2.24, 2.45) is 0 Å². The Morgan fingerprint density at radius 3 is 2.73 bits per heavy atom. The number of benzene rings is 2. The molecule has 0 saturated heterocycles. The van der Waals surface area contributed by atoms with Gasteiger partial charge in [0.05, 0.1) is 6.54 Å². The third kappa shape index (κ3) is 4.75. The van der Waals surface area contributed by atoms with Crippen LogP contribution in [0.5, 0.6) is 5.75 Å². The highest BCUT2D eigenvalue weighted by molar-refractivity contribution is 5.85. The summed E-state index contributed by atoms with van der Waals surface area (Å²) in [5.74, 6) is -0.0408. The van der Waals surface area contributed by atoms with Crippen LogP contribution in [-0.4, -0.2) is 31.5 Å². The Morgan fingerprint density at radius 1 is 1.08 bits per heavy atom. The Balaban J connectivity index is 1.43. The van der Waals surface area contributed by atoms with Gasteiger partial charge in [-0.1, -0.05) is 30.3 Å². The lowest BCUT2D eigenvalue weighted by Gasteiger charge is -2.30. The number of hydrazine groups is 1. The molecule has 6 nitrogen and oxygen atoms in total. The number of carbonyl (C=O) groups excluding carboxylic acids is 2. The summed E-state index contributed by atoms with van der Waals surface area (Å²) in [4.78, 5) is 26.0. The van der Waals surface area contributed by atoms with E-state index in [1.54, 1.807) is 6.07 Å². The van der Waals surface area contributed by atoms with Gasteiger partial charge in [0.1, 0.15) is 5.75 Å². The van der Waals surface area contributed by atoms with Gasteiger partial charge in [-0.2, -0.15) is 0 Å². The van der Waals surface area contributed by atoms with Gasteiger partial charge < -0.3 is 9.64 Å². The minimum absolute atomic E-state index is 0.156. The summed E-state index contributed by atoms with van der Waals surface area (Å²) in [5.41, 5.74) is 8.23. The molecule has 136 valence electrons. The minimum atomic E-state index is -0.404. The third-order valence-electron chi connectivity index (χ3n) is 4.24. The van der Waals surface area contributed by atoms with Crippen LogP contribution in [0, 0.1) is 6.92 Å². The number of carbonyl (C=O) groups is 2. The maximum absolute atomic E-state index is 12.1. The average Bonchev–Trinajstić information content (AvgIpc) is 2.65. The Kier molecular flexibility index (Phi) is 5.73. The number of ether oxygens (including phenoxy) is 1. The van der Waals surface area contributed by atoms with E-state index in [0.29, 0.717) is 5.75 Å². The number of nitrogens with zero attached hydrogens (tertiary/aromatic N) is 1. The summed E-state index contributed by atoms with van der Waals surface area (Å²) in [5, 5.41) is 0. The van der Waals surface area contributed by atoms with Crippen LogP contribution < -0.4 is 20.5 Å². The first-order chi connectivity index (χ1) is 12.6. The van der Waals surface area contributed by atoms with E-state index in [9.17, 15) is 9.59 Å². The highest BCUT2D eigenvalue weighted by Crippen LogP contribution is 2.26. The van der Waals surface area contributed by atoms with E-state index in [1.165, 1.54) is 5.56 Å². The molecular weight excluding hydrogens is 330 g/mol. The summed E-state index contributed by atoms with van der Waals surface area (Å²) >= 11 is 0. The molecule has 0 aliphatic carbocycles. The van der Waals surface area contributed by atoms with Crippen molar-refractivity contribution >= 4 is 17.5 Å². The van der Waals surface area contributed by atoms with Crippen molar-refractivity contribution in [2.45, 2.75) is 19.8 Å². The molecule has 2 aromatic rings. The normalized spacial score (nSPS) is 12.9. The summed E-state index contributed by atoms with van der Waals surface area (Å²) in [6, 6.07) is 15.5. The largest absolute Gasteiger partial charge is 0.484 e. The van der Waals surface area contributed by atoms with Crippen LogP contribution in [0.15, 0.2) is 48.5 Å². The van der Waals surface area contributed by atoms with Crippen molar-refractivity contribution in [1.29, 1.82) is 0 Å². The van der Waals surface area contributed by atoms with Crippen LogP contribution >= 0.6 is 0 Å². The molecule has 0 aromatic heterocycles. The van der Waals surface area contributed by atoms with Gasteiger partial charge in [-0.15, -0.1) is 0 Å². The van der Waals surface area contributed by atoms with Crippen molar-refractivity contribution in [1.82, 2.24) is 10.9 Å². The molecule has 0 radical (unpaired) electrons. The first-order valence-corrected chi connectivity index (χ1v) is 8.72.